The second kappa shape index (κ2) is 10.0. The fourth-order valence-electron chi connectivity index (χ4n) is 3.92. The Morgan fingerprint density at radius 2 is 1.97 bits per heavy atom. The molecular weight excluding hydrogens is 448 g/mol. The number of rotatable bonds is 9. The maximum Gasteiger partial charge on any atom is 0.204 e. The first kappa shape index (κ1) is 23.4. The summed E-state index contributed by atoms with van der Waals surface area (Å²) in [5.74, 6) is 0.708. The molecule has 0 saturated heterocycles. The lowest BCUT2D eigenvalue weighted by atomic mass is 10.1. The maximum absolute atomic E-state index is 12.7. The summed E-state index contributed by atoms with van der Waals surface area (Å²) < 4.78 is 3.93. The molecule has 0 fully saturated rings. The summed E-state index contributed by atoms with van der Waals surface area (Å²) in [6.45, 7) is 8.52. The first-order chi connectivity index (χ1) is 16.3. The van der Waals surface area contributed by atoms with E-state index in [1.165, 1.54) is 4.88 Å². The standard InChI is InChI=1S/C25H28N6O2S/c1-16-12-18(3)31(28-16)24-8-7-20(14-27-24)25(26)29-33-15-23(32)22-13-17(2)30(19(22)4)10-9-21-6-5-11-34-21/h5-8,11-14H,9-10,15H2,1-4H3,(H2,26,29). The van der Waals surface area contributed by atoms with Gasteiger partial charge in [0.05, 0.1) is 5.69 Å². The number of aromatic nitrogens is 4. The number of ketones is 1. The van der Waals surface area contributed by atoms with Crippen LogP contribution in [0.2, 0.25) is 0 Å². The van der Waals surface area contributed by atoms with E-state index in [0.717, 1.165) is 35.7 Å². The normalized spacial score (nSPS) is 11.7. The lowest BCUT2D eigenvalue weighted by Crippen LogP contribution is -2.16. The summed E-state index contributed by atoms with van der Waals surface area (Å²) >= 11 is 1.74. The van der Waals surface area contributed by atoms with E-state index in [1.54, 1.807) is 28.3 Å². The fraction of sp³-hybridized carbons (Fsp3) is 0.280. The van der Waals surface area contributed by atoms with Gasteiger partial charge in [-0.25, -0.2) is 9.67 Å². The van der Waals surface area contributed by atoms with Gasteiger partial charge in [0, 0.05) is 45.8 Å². The van der Waals surface area contributed by atoms with Crippen LogP contribution < -0.4 is 5.73 Å². The lowest BCUT2D eigenvalue weighted by molar-refractivity contribution is 0.0775. The number of pyridine rings is 1. The second-order valence-electron chi connectivity index (χ2n) is 8.18. The van der Waals surface area contributed by atoms with E-state index in [4.69, 9.17) is 10.6 Å². The molecule has 0 aromatic carbocycles. The largest absolute Gasteiger partial charge is 0.386 e. The van der Waals surface area contributed by atoms with E-state index in [-0.39, 0.29) is 18.2 Å². The average molecular weight is 477 g/mol. The topological polar surface area (TPSA) is 100 Å². The van der Waals surface area contributed by atoms with Crippen molar-refractivity contribution in [1.82, 2.24) is 19.3 Å². The SMILES string of the molecule is Cc1cc(C)n(-c2ccc(/C(N)=N/OCC(=O)c3cc(C)n(CCc4cccs4)c3C)cn2)n1. The van der Waals surface area contributed by atoms with Crippen molar-refractivity contribution in [1.29, 1.82) is 0 Å². The molecule has 0 radical (unpaired) electrons. The zero-order chi connectivity index (χ0) is 24.2. The van der Waals surface area contributed by atoms with Gasteiger partial charge in [0.15, 0.2) is 18.3 Å². The number of carbonyl (C=O) groups is 1. The molecule has 34 heavy (non-hydrogen) atoms. The molecule has 0 bridgehead atoms. The molecule has 0 amide bonds. The van der Waals surface area contributed by atoms with Gasteiger partial charge < -0.3 is 15.1 Å². The van der Waals surface area contributed by atoms with Crippen LogP contribution in [0.3, 0.4) is 0 Å². The van der Waals surface area contributed by atoms with Gasteiger partial charge in [-0.05, 0) is 69.8 Å². The molecule has 0 atom stereocenters. The van der Waals surface area contributed by atoms with Crippen molar-refractivity contribution in [2.75, 3.05) is 6.61 Å². The predicted octanol–water partition coefficient (Wildman–Crippen LogP) is 4.13. The number of nitrogens with two attached hydrogens (primary N) is 1. The Morgan fingerprint density at radius 3 is 2.62 bits per heavy atom. The molecule has 4 aromatic heterocycles. The van der Waals surface area contributed by atoms with Crippen LogP contribution in [0.25, 0.3) is 5.82 Å². The molecule has 176 valence electrons. The van der Waals surface area contributed by atoms with Crippen LogP contribution in [-0.4, -0.2) is 37.6 Å². The highest BCUT2D eigenvalue weighted by atomic mass is 32.1. The number of Topliss-reactive ketones (excluding diaryl/α,β-unsaturated/α-hetero) is 1. The molecule has 0 saturated carbocycles. The average Bonchev–Trinajstić information content (AvgIpc) is 3.52. The fourth-order valence-corrected chi connectivity index (χ4v) is 4.62. The Hall–Kier alpha value is -3.72. The van der Waals surface area contributed by atoms with Crippen molar-refractivity contribution in [2.45, 2.75) is 40.7 Å². The van der Waals surface area contributed by atoms with Crippen LogP contribution >= 0.6 is 11.3 Å². The van der Waals surface area contributed by atoms with E-state index >= 15 is 0 Å². The van der Waals surface area contributed by atoms with Crippen molar-refractivity contribution < 1.29 is 9.63 Å². The molecular formula is C25H28N6O2S. The monoisotopic (exact) mass is 476 g/mol. The molecule has 8 nitrogen and oxygen atoms in total. The minimum Gasteiger partial charge on any atom is -0.386 e. The molecule has 4 rings (SSSR count). The van der Waals surface area contributed by atoms with Crippen LogP contribution in [-0.2, 0) is 17.8 Å². The third-order valence-corrected chi connectivity index (χ3v) is 6.60. The second-order valence-corrected chi connectivity index (χ2v) is 9.22. The smallest absolute Gasteiger partial charge is 0.204 e. The van der Waals surface area contributed by atoms with Gasteiger partial charge >= 0.3 is 0 Å². The number of hydrogen-bond acceptors (Lipinski definition) is 6. The summed E-state index contributed by atoms with van der Waals surface area (Å²) in [7, 11) is 0. The Kier molecular flexibility index (Phi) is 6.93. The van der Waals surface area contributed by atoms with Gasteiger partial charge in [-0.1, -0.05) is 11.2 Å². The van der Waals surface area contributed by atoms with Crippen LogP contribution in [0.5, 0.6) is 0 Å². The minimum atomic E-state index is -0.187. The molecule has 0 aliphatic heterocycles. The molecule has 0 aliphatic carbocycles. The number of nitrogens with zero attached hydrogens (tertiary/aromatic N) is 5. The van der Waals surface area contributed by atoms with Gasteiger partial charge in [0.2, 0.25) is 5.78 Å². The molecule has 0 aliphatic rings. The quantitative estimate of drug-likeness (QED) is 0.169. The number of thiophene rings is 1. The number of amidine groups is 1. The Morgan fingerprint density at radius 1 is 1.15 bits per heavy atom. The lowest BCUT2D eigenvalue weighted by Gasteiger charge is -2.09. The van der Waals surface area contributed by atoms with Crippen molar-refractivity contribution in [3.8, 4) is 5.82 Å². The highest BCUT2D eigenvalue weighted by Gasteiger charge is 2.16. The molecule has 0 unspecified atom stereocenters. The van der Waals surface area contributed by atoms with E-state index < -0.39 is 0 Å². The van der Waals surface area contributed by atoms with E-state index in [9.17, 15) is 4.79 Å². The molecule has 0 spiro atoms. The van der Waals surface area contributed by atoms with Crippen LogP contribution in [0.15, 0.2) is 53.1 Å². The Bertz CT molecular complexity index is 1320. The van der Waals surface area contributed by atoms with Crippen molar-refractivity contribution in [2.24, 2.45) is 10.9 Å². The van der Waals surface area contributed by atoms with Gasteiger partial charge in [0.25, 0.3) is 0 Å². The highest BCUT2D eigenvalue weighted by molar-refractivity contribution is 7.09. The van der Waals surface area contributed by atoms with E-state index in [2.05, 4.69) is 37.3 Å². The summed E-state index contributed by atoms with van der Waals surface area (Å²) in [6, 6.07) is 11.7. The number of carbonyl (C=O) groups excluding carboxylic acids is 1. The van der Waals surface area contributed by atoms with E-state index in [1.807, 2.05) is 45.9 Å². The maximum atomic E-state index is 12.7. The number of hydrogen-bond donors (Lipinski definition) is 1. The summed E-state index contributed by atoms with van der Waals surface area (Å²) in [6.07, 6.45) is 2.54. The Labute approximate surface area is 202 Å². The van der Waals surface area contributed by atoms with Crippen molar-refractivity contribution >= 4 is 23.0 Å². The molecule has 4 aromatic rings. The van der Waals surface area contributed by atoms with Gasteiger partial charge in [-0.3, -0.25) is 4.79 Å². The summed E-state index contributed by atoms with van der Waals surface area (Å²) in [5, 5.41) is 10.4. The molecule has 9 heteroatoms. The summed E-state index contributed by atoms with van der Waals surface area (Å²) in [4.78, 5) is 23.8. The summed E-state index contributed by atoms with van der Waals surface area (Å²) in [5.41, 5.74) is 11.2. The van der Waals surface area contributed by atoms with E-state index in [0.29, 0.717) is 16.9 Å². The minimum absolute atomic E-state index is 0.134. The third kappa shape index (κ3) is 5.09. The number of oxime groups is 1. The van der Waals surface area contributed by atoms with Gasteiger partial charge in [0.1, 0.15) is 0 Å². The molecule has 4 heterocycles. The van der Waals surface area contributed by atoms with Gasteiger partial charge in [-0.2, -0.15) is 5.10 Å². The number of aryl methyl sites for hydroxylation is 4. The zero-order valence-corrected chi connectivity index (χ0v) is 20.6. The van der Waals surface area contributed by atoms with Crippen LogP contribution in [0, 0.1) is 27.7 Å². The third-order valence-electron chi connectivity index (χ3n) is 5.66. The zero-order valence-electron chi connectivity index (χ0n) is 19.8. The van der Waals surface area contributed by atoms with Crippen molar-refractivity contribution in [3.63, 3.8) is 0 Å². The first-order valence-electron chi connectivity index (χ1n) is 11.0. The van der Waals surface area contributed by atoms with Gasteiger partial charge in [-0.15, -0.1) is 11.3 Å². The predicted molar refractivity (Wildman–Crippen MR) is 134 cm³/mol. The van der Waals surface area contributed by atoms with Crippen LogP contribution in [0.4, 0.5) is 0 Å². The van der Waals surface area contributed by atoms with Crippen LogP contribution in [0.1, 0.15) is 43.6 Å². The highest BCUT2D eigenvalue weighted by Crippen LogP contribution is 2.18. The molecule has 2 N–H and O–H groups in total. The Balaban J connectivity index is 1.37. The first-order valence-corrected chi connectivity index (χ1v) is 11.9. The van der Waals surface area contributed by atoms with Crippen molar-refractivity contribution in [3.05, 3.63) is 86.8 Å².